The molecule has 1 aliphatic carbocycles. The number of amides is 1. The number of halogens is 4. The third kappa shape index (κ3) is 6.64. The van der Waals surface area contributed by atoms with Gasteiger partial charge in [0.1, 0.15) is 23.3 Å². The Morgan fingerprint density at radius 2 is 1.71 bits per heavy atom. The van der Waals surface area contributed by atoms with Crippen LogP contribution >= 0.6 is 0 Å². The van der Waals surface area contributed by atoms with E-state index < -0.39 is 57.2 Å². The van der Waals surface area contributed by atoms with Crippen LogP contribution < -0.4 is 16.4 Å². The minimum absolute atomic E-state index is 0.0408. The molecule has 0 radical (unpaired) electrons. The van der Waals surface area contributed by atoms with E-state index >= 15 is 4.39 Å². The van der Waals surface area contributed by atoms with Crippen molar-refractivity contribution in [2.75, 3.05) is 25.0 Å². The van der Waals surface area contributed by atoms with Crippen LogP contribution in [0.25, 0.3) is 0 Å². The Hall–Kier alpha value is -3.39. The summed E-state index contributed by atoms with van der Waals surface area (Å²) in [5, 5.41) is 5.41. The molecule has 13 heteroatoms. The molecule has 0 spiro atoms. The maximum Gasteiger partial charge on any atom is 0.242 e. The lowest BCUT2D eigenvalue weighted by Crippen LogP contribution is -2.54. The fourth-order valence-corrected chi connectivity index (χ4v) is 7.47. The van der Waals surface area contributed by atoms with Gasteiger partial charge in [-0.15, -0.1) is 0 Å². The van der Waals surface area contributed by atoms with Crippen molar-refractivity contribution in [3.8, 4) is 0 Å². The quantitative estimate of drug-likeness (QED) is 0.305. The first-order valence-corrected chi connectivity index (χ1v) is 15.2. The fraction of sp³-hybridized carbons (Fsp3) is 0.379. The zero-order chi connectivity index (χ0) is 30.0. The van der Waals surface area contributed by atoms with Gasteiger partial charge in [-0.05, 0) is 61.1 Å². The molecule has 3 atom stereocenters. The number of benzene rings is 2. The first-order chi connectivity index (χ1) is 20.0. The van der Waals surface area contributed by atoms with Crippen LogP contribution in [0, 0.1) is 23.3 Å². The van der Waals surface area contributed by atoms with Crippen LogP contribution in [0.4, 0.5) is 23.2 Å². The van der Waals surface area contributed by atoms with Crippen molar-refractivity contribution in [3.05, 3.63) is 94.8 Å². The summed E-state index contributed by atoms with van der Waals surface area (Å²) >= 11 is 0. The maximum atomic E-state index is 15.0. The number of carbonyl (C=O) groups is 1. The van der Waals surface area contributed by atoms with E-state index in [2.05, 4.69) is 15.6 Å². The highest BCUT2D eigenvalue weighted by molar-refractivity contribution is 7.90. The average Bonchev–Trinajstić information content (AvgIpc) is 3.80. The van der Waals surface area contributed by atoms with Crippen molar-refractivity contribution in [1.29, 1.82) is 0 Å². The molecule has 5 rings (SSSR count). The van der Waals surface area contributed by atoms with Crippen molar-refractivity contribution in [1.82, 2.24) is 14.6 Å². The van der Waals surface area contributed by atoms with Gasteiger partial charge in [0.15, 0.2) is 0 Å². The second-order valence-electron chi connectivity index (χ2n) is 10.6. The van der Waals surface area contributed by atoms with Crippen molar-refractivity contribution >= 4 is 21.6 Å². The fourth-order valence-electron chi connectivity index (χ4n) is 5.41. The molecule has 3 aromatic rings. The van der Waals surface area contributed by atoms with Gasteiger partial charge in [0.25, 0.3) is 0 Å². The number of hydrogen-bond donors (Lipinski definition) is 3. The van der Waals surface area contributed by atoms with Crippen LogP contribution in [0.2, 0.25) is 0 Å². The summed E-state index contributed by atoms with van der Waals surface area (Å²) in [7, 11) is -3.44. The summed E-state index contributed by atoms with van der Waals surface area (Å²) < 4.78 is 84.3. The average molecular weight is 606 g/mol. The van der Waals surface area contributed by atoms with Gasteiger partial charge < -0.3 is 16.4 Å². The predicted octanol–water partition coefficient (Wildman–Crippen LogP) is 3.43. The van der Waals surface area contributed by atoms with Crippen molar-refractivity contribution < 1.29 is 30.8 Å². The largest absolute Gasteiger partial charge is 0.323 e. The number of nitrogens with zero attached hydrogens (tertiary/aromatic N) is 2. The molecule has 1 saturated heterocycles. The molecule has 42 heavy (non-hydrogen) atoms. The first-order valence-electron chi connectivity index (χ1n) is 13.7. The highest BCUT2D eigenvalue weighted by Gasteiger charge is 2.43. The lowest BCUT2D eigenvalue weighted by Gasteiger charge is -2.35. The molecular weight excluding hydrogens is 574 g/mol. The van der Waals surface area contributed by atoms with Gasteiger partial charge in [-0.1, -0.05) is 12.1 Å². The number of sulfonamides is 1. The van der Waals surface area contributed by atoms with Gasteiger partial charge in [0.2, 0.25) is 15.9 Å². The zero-order valence-corrected chi connectivity index (χ0v) is 23.4. The van der Waals surface area contributed by atoms with Crippen LogP contribution in [0.5, 0.6) is 0 Å². The van der Waals surface area contributed by atoms with Gasteiger partial charge in [-0.25, -0.2) is 26.0 Å². The first kappa shape index (κ1) is 30.1. The third-order valence-corrected chi connectivity index (χ3v) is 10.1. The number of pyridine rings is 1. The molecule has 1 amide bonds. The molecule has 2 fully saturated rings. The van der Waals surface area contributed by atoms with Crippen molar-refractivity contribution in [3.63, 3.8) is 0 Å². The van der Waals surface area contributed by atoms with Crippen LogP contribution in [0.15, 0.2) is 54.9 Å². The standard InChI is InChI=1S/C29H31F4N5O3S/c30-19-3-1-17(2-4-19)27(18-11-20(31)13-21(32)12-18)28(34)29(39)37-26-16-36-15-25(33)24(26)8-5-22-14-35-9-10-38(22)42(40,41)23-6-7-23/h1-4,11-13,15-16,22-23,27-28,35H,5-10,14,34H2,(H,37,39)/t22-,27?,28-/m0/s1. The number of nitrogens with two attached hydrogens (primary N) is 1. The van der Waals surface area contributed by atoms with Crippen molar-refractivity contribution in [2.24, 2.45) is 5.73 Å². The molecule has 1 saturated carbocycles. The number of carbonyl (C=O) groups excluding carboxylic acids is 1. The lowest BCUT2D eigenvalue weighted by atomic mass is 9.84. The van der Waals surface area contributed by atoms with Gasteiger partial charge in [-0.3, -0.25) is 9.78 Å². The number of nitrogens with one attached hydrogen (secondary N) is 2. The lowest BCUT2D eigenvalue weighted by molar-refractivity contribution is -0.117. The monoisotopic (exact) mass is 605 g/mol. The van der Waals surface area contributed by atoms with Gasteiger partial charge in [-0.2, -0.15) is 4.31 Å². The minimum Gasteiger partial charge on any atom is -0.323 e. The number of aromatic nitrogens is 1. The van der Waals surface area contributed by atoms with E-state index in [1.54, 1.807) is 0 Å². The molecular formula is C29H31F4N5O3S. The highest BCUT2D eigenvalue weighted by atomic mass is 32.2. The van der Waals surface area contributed by atoms with E-state index in [4.69, 9.17) is 5.73 Å². The van der Waals surface area contributed by atoms with E-state index in [0.717, 1.165) is 30.5 Å². The van der Waals surface area contributed by atoms with Crippen LogP contribution in [0.1, 0.15) is 41.9 Å². The summed E-state index contributed by atoms with van der Waals surface area (Å²) in [4.78, 5) is 17.3. The molecule has 1 aliphatic heterocycles. The van der Waals surface area contributed by atoms with E-state index in [1.165, 1.54) is 22.6 Å². The Labute approximate surface area is 241 Å². The Kier molecular flexibility index (Phi) is 8.92. The second-order valence-corrected chi connectivity index (χ2v) is 12.8. The van der Waals surface area contributed by atoms with Crippen LogP contribution in [-0.2, 0) is 21.2 Å². The Balaban J connectivity index is 1.37. The topological polar surface area (TPSA) is 117 Å². The van der Waals surface area contributed by atoms with E-state index in [-0.39, 0.29) is 34.9 Å². The molecule has 2 aromatic carbocycles. The molecule has 224 valence electrons. The molecule has 0 bridgehead atoms. The van der Waals surface area contributed by atoms with Crippen LogP contribution in [0.3, 0.4) is 0 Å². The number of anilines is 1. The summed E-state index contributed by atoms with van der Waals surface area (Å²) in [5.74, 6) is -4.86. The summed E-state index contributed by atoms with van der Waals surface area (Å²) in [5.41, 5.74) is 6.90. The molecule has 2 heterocycles. The minimum atomic E-state index is -3.44. The smallest absolute Gasteiger partial charge is 0.242 e. The predicted molar refractivity (Wildman–Crippen MR) is 149 cm³/mol. The molecule has 2 aliphatic rings. The second kappa shape index (κ2) is 12.5. The molecule has 4 N–H and O–H groups in total. The SMILES string of the molecule is N[C@H](C(=O)Nc1cncc(F)c1CC[C@H]1CNCCN1S(=O)(=O)C1CC1)C(c1ccc(F)cc1)c1cc(F)cc(F)c1. The normalized spacial score (nSPS) is 19.3. The number of piperazine rings is 1. The summed E-state index contributed by atoms with van der Waals surface area (Å²) in [6.07, 6.45) is 3.91. The molecule has 8 nitrogen and oxygen atoms in total. The van der Waals surface area contributed by atoms with E-state index in [1.807, 2.05) is 0 Å². The van der Waals surface area contributed by atoms with Gasteiger partial charge in [0, 0.05) is 43.2 Å². The number of hydrogen-bond acceptors (Lipinski definition) is 6. The van der Waals surface area contributed by atoms with E-state index in [9.17, 15) is 26.4 Å². The third-order valence-electron chi connectivity index (χ3n) is 7.69. The van der Waals surface area contributed by atoms with Crippen molar-refractivity contribution in [2.45, 2.75) is 48.9 Å². The summed E-state index contributed by atoms with van der Waals surface area (Å²) in [6.45, 7) is 1.26. The van der Waals surface area contributed by atoms with Gasteiger partial charge >= 0.3 is 0 Å². The Morgan fingerprint density at radius 3 is 2.38 bits per heavy atom. The van der Waals surface area contributed by atoms with E-state index in [0.29, 0.717) is 44.1 Å². The zero-order valence-electron chi connectivity index (χ0n) is 22.6. The molecule has 1 unspecified atom stereocenters. The number of rotatable bonds is 10. The molecule has 1 aromatic heterocycles. The van der Waals surface area contributed by atoms with Crippen LogP contribution in [-0.4, -0.2) is 60.6 Å². The maximum absolute atomic E-state index is 15.0. The van der Waals surface area contributed by atoms with Gasteiger partial charge in [0.05, 0.1) is 29.4 Å². The Morgan fingerprint density at radius 1 is 1.02 bits per heavy atom. The highest BCUT2D eigenvalue weighted by Crippen LogP contribution is 2.34. The Bertz CT molecular complexity index is 1530. The summed E-state index contributed by atoms with van der Waals surface area (Å²) in [6, 6.07) is 5.96.